The van der Waals surface area contributed by atoms with E-state index in [4.69, 9.17) is 9.47 Å². The molecule has 2 rings (SSSR count). The minimum atomic E-state index is -3.06. The summed E-state index contributed by atoms with van der Waals surface area (Å²) in [5.41, 5.74) is 0.255. The Labute approximate surface area is 130 Å². The van der Waals surface area contributed by atoms with Crippen LogP contribution in [0, 0.1) is 5.82 Å². The highest BCUT2D eigenvalue weighted by molar-refractivity contribution is 5.92. The molecule has 0 atom stereocenters. The van der Waals surface area contributed by atoms with Gasteiger partial charge < -0.3 is 14.2 Å². The Morgan fingerprint density at radius 3 is 2.52 bits per heavy atom. The van der Waals surface area contributed by atoms with Crippen LogP contribution in [0.25, 0.3) is 0 Å². The van der Waals surface area contributed by atoms with Crippen molar-refractivity contribution >= 4 is 5.97 Å². The summed E-state index contributed by atoms with van der Waals surface area (Å²) >= 11 is 0. The molecule has 0 N–H and O–H groups in total. The number of methoxy groups -OCH3 is 1. The number of halogens is 3. The van der Waals surface area contributed by atoms with Crippen LogP contribution in [-0.4, -0.2) is 19.7 Å². The predicted octanol–water partition coefficient (Wildman–Crippen LogP) is 3.79. The van der Waals surface area contributed by atoms with Gasteiger partial charge >= 0.3 is 12.6 Å². The van der Waals surface area contributed by atoms with Gasteiger partial charge in [0.2, 0.25) is 0 Å². The van der Waals surface area contributed by atoms with E-state index in [1.165, 1.54) is 43.5 Å². The molecule has 0 aliphatic heterocycles. The van der Waals surface area contributed by atoms with Gasteiger partial charge in [-0.1, -0.05) is 18.2 Å². The standard InChI is InChI=1S/C16H13F3O4/c1-21-14-7-6-10(8-12(14)17)9-22-15(20)11-4-2-3-5-13(11)23-16(18)19/h2-8,16H,9H2,1H3. The fourth-order valence-corrected chi connectivity index (χ4v) is 1.86. The van der Waals surface area contributed by atoms with Gasteiger partial charge in [0.1, 0.15) is 17.9 Å². The second-order valence-corrected chi connectivity index (χ2v) is 4.42. The lowest BCUT2D eigenvalue weighted by Crippen LogP contribution is -2.10. The zero-order chi connectivity index (χ0) is 16.8. The van der Waals surface area contributed by atoms with Gasteiger partial charge in [0, 0.05) is 0 Å². The van der Waals surface area contributed by atoms with Gasteiger partial charge in [0.15, 0.2) is 11.6 Å². The molecular formula is C16H13F3O4. The summed E-state index contributed by atoms with van der Waals surface area (Å²) in [6.45, 7) is -3.28. The van der Waals surface area contributed by atoms with Crippen LogP contribution in [0.4, 0.5) is 13.2 Å². The second kappa shape index (κ2) is 7.53. The van der Waals surface area contributed by atoms with E-state index in [2.05, 4.69) is 4.74 Å². The molecular weight excluding hydrogens is 313 g/mol. The Morgan fingerprint density at radius 1 is 1.13 bits per heavy atom. The molecule has 2 aromatic rings. The third kappa shape index (κ3) is 4.38. The molecule has 122 valence electrons. The normalized spacial score (nSPS) is 10.5. The number of esters is 1. The highest BCUT2D eigenvalue weighted by atomic mass is 19.3. The van der Waals surface area contributed by atoms with E-state index in [-0.39, 0.29) is 23.7 Å². The molecule has 2 aromatic carbocycles. The molecule has 0 aromatic heterocycles. The maximum Gasteiger partial charge on any atom is 0.387 e. The van der Waals surface area contributed by atoms with Crippen LogP contribution in [0.3, 0.4) is 0 Å². The van der Waals surface area contributed by atoms with Crippen LogP contribution in [0.5, 0.6) is 11.5 Å². The highest BCUT2D eigenvalue weighted by Gasteiger charge is 2.16. The average Bonchev–Trinajstić information content (AvgIpc) is 2.52. The number of alkyl halides is 2. The Balaban J connectivity index is 2.07. The summed E-state index contributed by atoms with van der Waals surface area (Å²) in [5.74, 6) is -1.66. The molecule has 0 radical (unpaired) electrons. The van der Waals surface area contributed by atoms with Crippen LogP contribution in [-0.2, 0) is 11.3 Å². The van der Waals surface area contributed by atoms with Gasteiger partial charge in [-0.05, 0) is 29.8 Å². The van der Waals surface area contributed by atoms with Crippen LogP contribution in [0.15, 0.2) is 42.5 Å². The third-order valence-corrected chi connectivity index (χ3v) is 2.91. The average molecular weight is 326 g/mol. The van der Waals surface area contributed by atoms with Gasteiger partial charge in [-0.25, -0.2) is 9.18 Å². The number of hydrogen-bond donors (Lipinski definition) is 0. The van der Waals surface area contributed by atoms with E-state index in [1.54, 1.807) is 0 Å². The topological polar surface area (TPSA) is 44.8 Å². The molecule has 7 heteroatoms. The van der Waals surface area contributed by atoms with Crippen molar-refractivity contribution in [1.29, 1.82) is 0 Å². The van der Waals surface area contributed by atoms with Crippen LogP contribution < -0.4 is 9.47 Å². The molecule has 0 spiro atoms. The van der Waals surface area contributed by atoms with Gasteiger partial charge in [-0.3, -0.25) is 0 Å². The Morgan fingerprint density at radius 2 is 1.87 bits per heavy atom. The fourth-order valence-electron chi connectivity index (χ4n) is 1.86. The van der Waals surface area contributed by atoms with Crippen LogP contribution in [0.2, 0.25) is 0 Å². The molecule has 0 amide bonds. The van der Waals surface area contributed by atoms with Gasteiger partial charge in [0.25, 0.3) is 0 Å². The Kier molecular flexibility index (Phi) is 5.46. The van der Waals surface area contributed by atoms with Crippen molar-refractivity contribution in [2.24, 2.45) is 0 Å². The summed E-state index contributed by atoms with van der Waals surface area (Å²) in [7, 11) is 1.33. The number of carbonyl (C=O) groups is 1. The van der Waals surface area contributed by atoms with E-state index < -0.39 is 18.4 Å². The van der Waals surface area contributed by atoms with Crippen LogP contribution in [0.1, 0.15) is 15.9 Å². The zero-order valence-electron chi connectivity index (χ0n) is 12.1. The molecule has 4 nitrogen and oxygen atoms in total. The summed E-state index contributed by atoms with van der Waals surface area (Å²) in [6.07, 6.45) is 0. The molecule has 0 bridgehead atoms. The highest BCUT2D eigenvalue weighted by Crippen LogP contribution is 2.22. The fraction of sp³-hybridized carbons (Fsp3) is 0.188. The van der Waals surface area contributed by atoms with Crippen molar-refractivity contribution < 1.29 is 32.2 Å². The third-order valence-electron chi connectivity index (χ3n) is 2.91. The van der Waals surface area contributed by atoms with Crippen molar-refractivity contribution in [1.82, 2.24) is 0 Å². The van der Waals surface area contributed by atoms with E-state index in [1.807, 2.05) is 0 Å². The summed E-state index contributed by atoms with van der Waals surface area (Å²) in [6, 6.07) is 9.55. The van der Waals surface area contributed by atoms with E-state index in [0.29, 0.717) is 5.56 Å². The van der Waals surface area contributed by atoms with Gasteiger partial charge in [-0.15, -0.1) is 0 Å². The number of para-hydroxylation sites is 1. The first-order valence-corrected chi connectivity index (χ1v) is 6.54. The predicted molar refractivity (Wildman–Crippen MR) is 75.1 cm³/mol. The maximum atomic E-state index is 13.5. The Hall–Kier alpha value is -2.70. The largest absolute Gasteiger partial charge is 0.494 e. The summed E-state index contributed by atoms with van der Waals surface area (Å²) < 4.78 is 52.2. The number of carbonyl (C=O) groups excluding carboxylic acids is 1. The van der Waals surface area contributed by atoms with Gasteiger partial charge in [-0.2, -0.15) is 8.78 Å². The van der Waals surface area contributed by atoms with E-state index in [9.17, 15) is 18.0 Å². The van der Waals surface area contributed by atoms with E-state index >= 15 is 0 Å². The van der Waals surface area contributed by atoms with Crippen molar-refractivity contribution in [3.05, 3.63) is 59.4 Å². The number of hydrogen-bond acceptors (Lipinski definition) is 4. The summed E-state index contributed by atoms with van der Waals surface area (Å²) in [4.78, 5) is 12.0. The molecule has 0 fully saturated rings. The quantitative estimate of drug-likeness (QED) is 0.758. The minimum Gasteiger partial charge on any atom is -0.494 e. The SMILES string of the molecule is COc1ccc(COC(=O)c2ccccc2OC(F)F)cc1F. The first-order chi connectivity index (χ1) is 11.0. The number of rotatable bonds is 6. The Bertz CT molecular complexity index is 689. The molecule has 23 heavy (non-hydrogen) atoms. The summed E-state index contributed by atoms with van der Waals surface area (Å²) in [5, 5.41) is 0. The first-order valence-electron chi connectivity index (χ1n) is 6.54. The molecule has 0 heterocycles. The molecule has 0 saturated heterocycles. The maximum absolute atomic E-state index is 13.5. The van der Waals surface area contributed by atoms with Crippen LogP contribution >= 0.6 is 0 Å². The number of benzene rings is 2. The first kappa shape index (κ1) is 16.7. The molecule has 0 unspecified atom stereocenters. The lowest BCUT2D eigenvalue weighted by Gasteiger charge is -2.10. The zero-order valence-corrected chi connectivity index (χ0v) is 12.1. The lowest BCUT2D eigenvalue weighted by atomic mass is 10.2. The molecule has 0 saturated carbocycles. The van der Waals surface area contributed by atoms with Crippen molar-refractivity contribution in [3.63, 3.8) is 0 Å². The molecule has 0 aliphatic rings. The van der Waals surface area contributed by atoms with Gasteiger partial charge in [0.05, 0.1) is 7.11 Å². The monoisotopic (exact) mass is 326 g/mol. The van der Waals surface area contributed by atoms with Crippen molar-refractivity contribution in [3.8, 4) is 11.5 Å². The lowest BCUT2D eigenvalue weighted by molar-refractivity contribution is -0.0504. The van der Waals surface area contributed by atoms with E-state index in [0.717, 1.165) is 6.07 Å². The number of ether oxygens (including phenoxy) is 3. The van der Waals surface area contributed by atoms with Crippen molar-refractivity contribution in [2.75, 3.05) is 7.11 Å². The molecule has 0 aliphatic carbocycles. The second-order valence-electron chi connectivity index (χ2n) is 4.42. The van der Waals surface area contributed by atoms with Crippen molar-refractivity contribution in [2.45, 2.75) is 13.2 Å². The minimum absolute atomic E-state index is 0.0655. The smallest absolute Gasteiger partial charge is 0.387 e.